The zero-order valence-electron chi connectivity index (χ0n) is 5.64. The van der Waals surface area contributed by atoms with Crippen LogP contribution in [0.5, 0.6) is 0 Å². The lowest BCUT2D eigenvalue weighted by molar-refractivity contribution is 0.181. The molecular weight excluding hydrogens is 116 g/mol. The monoisotopic (exact) mass is 126 g/mol. The SMILES string of the molecule is COCc1[nH]cnc1C. The van der Waals surface area contributed by atoms with Gasteiger partial charge in [-0.05, 0) is 6.92 Å². The van der Waals surface area contributed by atoms with Gasteiger partial charge in [0.15, 0.2) is 0 Å². The molecular formula is C6H10N2O. The molecule has 0 amide bonds. The number of hydrogen-bond donors (Lipinski definition) is 1. The first kappa shape index (κ1) is 6.29. The molecule has 0 saturated heterocycles. The van der Waals surface area contributed by atoms with Crippen LogP contribution in [0.3, 0.4) is 0 Å². The first-order valence-corrected chi connectivity index (χ1v) is 2.82. The lowest BCUT2D eigenvalue weighted by atomic mass is 10.4. The van der Waals surface area contributed by atoms with Gasteiger partial charge in [0, 0.05) is 7.11 Å². The maximum absolute atomic E-state index is 4.90. The summed E-state index contributed by atoms with van der Waals surface area (Å²) >= 11 is 0. The van der Waals surface area contributed by atoms with Crippen molar-refractivity contribution in [3.8, 4) is 0 Å². The third-order valence-corrected chi connectivity index (χ3v) is 1.22. The molecule has 0 unspecified atom stereocenters. The Hall–Kier alpha value is -0.830. The lowest BCUT2D eigenvalue weighted by Gasteiger charge is -1.93. The lowest BCUT2D eigenvalue weighted by Crippen LogP contribution is -1.89. The van der Waals surface area contributed by atoms with Crippen molar-refractivity contribution in [2.24, 2.45) is 0 Å². The van der Waals surface area contributed by atoms with Crippen LogP contribution in [0.2, 0.25) is 0 Å². The minimum absolute atomic E-state index is 0.617. The van der Waals surface area contributed by atoms with Gasteiger partial charge in [0.05, 0.1) is 24.3 Å². The van der Waals surface area contributed by atoms with Crippen molar-refractivity contribution in [3.63, 3.8) is 0 Å². The number of aromatic nitrogens is 2. The second kappa shape index (κ2) is 2.64. The van der Waals surface area contributed by atoms with E-state index in [1.807, 2.05) is 6.92 Å². The molecule has 0 aliphatic rings. The van der Waals surface area contributed by atoms with Gasteiger partial charge in [-0.25, -0.2) is 4.98 Å². The Morgan fingerprint density at radius 2 is 2.56 bits per heavy atom. The summed E-state index contributed by atoms with van der Waals surface area (Å²) in [7, 11) is 1.67. The smallest absolute Gasteiger partial charge is 0.0925 e. The van der Waals surface area contributed by atoms with Gasteiger partial charge >= 0.3 is 0 Å². The standard InChI is InChI=1S/C6H10N2O/c1-5-6(3-9-2)8-4-7-5/h4H,3H2,1-2H3,(H,7,8). The molecule has 0 spiro atoms. The number of imidazole rings is 1. The number of H-pyrrole nitrogens is 1. The van der Waals surface area contributed by atoms with Gasteiger partial charge in [-0.2, -0.15) is 0 Å². The summed E-state index contributed by atoms with van der Waals surface area (Å²) in [6.07, 6.45) is 1.67. The summed E-state index contributed by atoms with van der Waals surface area (Å²) in [5, 5.41) is 0. The van der Waals surface area contributed by atoms with Gasteiger partial charge in [0.2, 0.25) is 0 Å². The van der Waals surface area contributed by atoms with Gasteiger partial charge in [-0.15, -0.1) is 0 Å². The van der Waals surface area contributed by atoms with E-state index in [-0.39, 0.29) is 0 Å². The van der Waals surface area contributed by atoms with Crippen molar-refractivity contribution in [1.82, 2.24) is 9.97 Å². The van der Waals surface area contributed by atoms with E-state index in [4.69, 9.17) is 4.74 Å². The van der Waals surface area contributed by atoms with Crippen molar-refractivity contribution in [2.45, 2.75) is 13.5 Å². The largest absolute Gasteiger partial charge is 0.378 e. The van der Waals surface area contributed by atoms with E-state index >= 15 is 0 Å². The summed E-state index contributed by atoms with van der Waals surface area (Å²) < 4.78 is 4.90. The third-order valence-electron chi connectivity index (χ3n) is 1.22. The molecule has 1 aromatic heterocycles. The van der Waals surface area contributed by atoms with E-state index in [1.165, 1.54) is 0 Å². The van der Waals surface area contributed by atoms with Crippen LogP contribution in [0.4, 0.5) is 0 Å². The number of hydrogen-bond acceptors (Lipinski definition) is 2. The molecule has 1 N–H and O–H groups in total. The minimum atomic E-state index is 0.617. The molecule has 0 radical (unpaired) electrons. The molecule has 1 aromatic rings. The maximum Gasteiger partial charge on any atom is 0.0925 e. The highest BCUT2D eigenvalue weighted by molar-refractivity contribution is 5.06. The number of rotatable bonds is 2. The first-order valence-electron chi connectivity index (χ1n) is 2.82. The molecule has 3 nitrogen and oxygen atoms in total. The molecule has 1 rings (SSSR count). The molecule has 9 heavy (non-hydrogen) atoms. The minimum Gasteiger partial charge on any atom is -0.378 e. The molecule has 0 saturated carbocycles. The van der Waals surface area contributed by atoms with Crippen LogP contribution >= 0.6 is 0 Å². The summed E-state index contributed by atoms with van der Waals surface area (Å²) in [5.74, 6) is 0. The summed E-state index contributed by atoms with van der Waals surface area (Å²) in [6.45, 7) is 2.57. The van der Waals surface area contributed by atoms with Crippen LogP contribution in [-0.4, -0.2) is 17.1 Å². The molecule has 1 heterocycles. The van der Waals surface area contributed by atoms with Crippen LogP contribution in [-0.2, 0) is 11.3 Å². The van der Waals surface area contributed by atoms with Gasteiger partial charge in [0.25, 0.3) is 0 Å². The van der Waals surface area contributed by atoms with Crippen molar-refractivity contribution >= 4 is 0 Å². The summed E-state index contributed by atoms with van der Waals surface area (Å²) in [5.41, 5.74) is 2.06. The van der Waals surface area contributed by atoms with E-state index in [9.17, 15) is 0 Å². The molecule has 0 aliphatic carbocycles. The fraction of sp³-hybridized carbons (Fsp3) is 0.500. The maximum atomic E-state index is 4.90. The van der Waals surface area contributed by atoms with E-state index in [0.717, 1.165) is 11.4 Å². The number of aromatic amines is 1. The molecule has 0 aromatic carbocycles. The van der Waals surface area contributed by atoms with Crippen LogP contribution in [0.15, 0.2) is 6.33 Å². The van der Waals surface area contributed by atoms with Gasteiger partial charge in [0.1, 0.15) is 0 Å². The van der Waals surface area contributed by atoms with Crippen LogP contribution in [0, 0.1) is 6.92 Å². The van der Waals surface area contributed by atoms with E-state index < -0.39 is 0 Å². The average molecular weight is 126 g/mol. The van der Waals surface area contributed by atoms with Crippen LogP contribution < -0.4 is 0 Å². The normalized spacial score (nSPS) is 10.0. The van der Waals surface area contributed by atoms with Crippen molar-refractivity contribution in [2.75, 3.05) is 7.11 Å². The molecule has 0 fully saturated rings. The van der Waals surface area contributed by atoms with E-state index in [0.29, 0.717) is 6.61 Å². The Bertz CT molecular complexity index is 183. The molecule has 0 atom stereocenters. The van der Waals surface area contributed by atoms with Gasteiger partial charge in [-0.3, -0.25) is 0 Å². The summed E-state index contributed by atoms with van der Waals surface area (Å²) in [6, 6.07) is 0. The number of methoxy groups -OCH3 is 1. The molecule has 0 aliphatic heterocycles. The number of nitrogens with zero attached hydrogens (tertiary/aromatic N) is 1. The van der Waals surface area contributed by atoms with Crippen molar-refractivity contribution in [1.29, 1.82) is 0 Å². The number of ether oxygens (including phenoxy) is 1. The average Bonchev–Trinajstić information content (AvgIpc) is 2.18. The van der Waals surface area contributed by atoms with Gasteiger partial charge in [-0.1, -0.05) is 0 Å². The zero-order chi connectivity index (χ0) is 6.69. The molecule has 0 bridgehead atoms. The number of aryl methyl sites for hydroxylation is 1. The van der Waals surface area contributed by atoms with Gasteiger partial charge < -0.3 is 9.72 Å². The Morgan fingerprint density at radius 1 is 1.78 bits per heavy atom. The third kappa shape index (κ3) is 1.29. The van der Waals surface area contributed by atoms with Crippen LogP contribution in [0.25, 0.3) is 0 Å². The Morgan fingerprint density at radius 3 is 3.00 bits per heavy atom. The fourth-order valence-corrected chi connectivity index (χ4v) is 0.680. The Labute approximate surface area is 54.1 Å². The second-order valence-electron chi connectivity index (χ2n) is 1.90. The quantitative estimate of drug-likeness (QED) is 0.638. The Kier molecular flexibility index (Phi) is 1.85. The Balaban J connectivity index is 2.69. The second-order valence-corrected chi connectivity index (χ2v) is 1.90. The highest BCUT2D eigenvalue weighted by atomic mass is 16.5. The highest BCUT2D eigenvalue weighted by Gasteiger charge is 1.96. The highest BCUT2D eigenvalue weighted by Crippen LogP contribution is 2.00. The van der Waals surface area contributed by atoms with E-state index in [2.05, 4.69) is 9.97 Å². The predicted octanol–water partition coefficient (Wildman–Crippen LogP) is 0.865. The topological polar surface area (TPSA) is 37.9 Å². The fourth-order valence-electron chi connectivity index (χ4n) is 0.680. The first-order chi connectivity index (χ1) is 4.34. The molecule has 50 valence electrons. The van der Waals surface area contributed by atoms with Crippen molar-refractivity contribution in [3.05, 3.63) is 17.7 Å². The van der Waals surface area contributed by atoms with Crippen molar-refractivity contribution < 1.29 is 4.74 Å². The van der Waals surface area contributed by atoms with E-state index in [1.54, 1.807) is 13.4 Å². The zero-order valence-corrected chi connectivity index (χ0v) is 5.64. The number of nitrogens with one attached hydrogen (secondary N) is 1. The summed E-state index contributed by atoms with van der Waals surface area (Å²) in [4.78, 5) is 6.97. The van der Waals surface area contributed by atoms with Crippen LogP contribution in [0.1, 0.15) is 11.4 Å². The molecule has 3 heteroatoms. The predicted molar refractivity (Wildman–Crippen MR) is 34.0 cm³/mol.